The van der Waals surface area contributed by atoms with Gasteiger partial charge >= 0.3 is 12.0 Å². The predicted octanol–water partition coefficient (Wildman–Crippen LogP) is 4.95. The molecule has 11 heteroatoms. The Morgan fingerprint density at radius 3 is 2.35 bits per heavy atom. The van der Waals surface area contributed by atoms with Crippen LogP contribution in [-0.4, -0.2) is 49.8 Å². The number of nitrogens with zero attached hydrogens (tertiary/aromatic N) is 4. The molecular formula is C32H33N7O4. The normalized spacial score (nSPS) is 13.5. The van der Waals surface area contributed by atoms with E-state index in [-0.39, 0.29) is 18.9 Å². The molecule has 3 amide bonds. The minimum Gasteiger partial charge on any atom is -0.481 e. The molecule has 0 fully saturated rings. The summed E-state index contributed by atoms with van der Waals surface area (Å²) in [5.74, 6) is -0.895. The second-order valence-corrected chi connectivity index (χ2v) is 10.3. The number of amides is 3. The number of carboxylic acid groups (broad SMARTS) is 1. The van der Waals surface area contributed by atoms with Gasteiger partial charge in [-0.15, -0.1) is 10.2 Å². The Bertz CT molecular complexity index is 1630. The molecule has 1 aromatic heterocycles. The highest BCUT2D eigenvalue weighted by Gasteiger charge is 2.19. The lowest BCUT2D eigenvalue weighted by atomic mass is 9.91. The van der Waals surface area contributed by atoms with Crippen molar-refractivity contribution in [3.63, 3.8) is 0 Å². The molecule has 0 aliphatic heterocycles. The summed E-state index contributed by atoms with van der Waals surface area (Å²) < 4.78 is 0. The van der Waals surface area contributed by atoms with Crippen LogP contribution in [0.2, 0.25) is 0 Å². The van der Waals surface area contributed by atoms with Crippen molar-refractivity contribution < 1.29 is 19.5 Å². The molecule has 0 radical (unpaired) electrons. The number of hydrogen-bond acceptors (Lipinski definition) is 6. The fourth-order valence-electron chi connectivity index (χ4n) is 5.00. The average molecular weight is 580 g/mol. The van der Waals surface area contributed by atoms with E-state index in [1.165, 1.54) is 28.8 Å². The molecule has 4 aromatic rings. The summed E-state index contributed by atoms with van der Waals surface area (Å²) in [6.45, 7) is 0.0389. The second-order valence-electron chi connectivity index (χ2n) is 10.3. The fraction of sp³-hybridized carbons (Fsp3) is 0.250. The highest BCUT2D eigenvalue weighted by Crippen LogP contribution is 2.29. The fourth-order valence-corrected chi connectivity index (χ4v) is 5.00. The molecule has 0 saturated heterocycles. The number of aromatic nitrogens is 4. The molecular weight excluding hydrogens is 546 g/mol. The topological polar surface area (TPSA) is 151 Å². The lowest BCUT2D eigenvalue weighted by Crippen LogP contribution is -2.33. The van der Waals surface area contributed by atoms with Crippen molar-refractivity contribution in [2.75, 3.05) is 11.9 Å². The number of rotatable bonds is 10. The van der Waals surface area contributed by atoms with Crippen LogP contribution < -0.4 is 16.0 Å². The molecule has 1 aliphatic rings. The van der Waals surface area contributed by atoms with Gasteiger partial charge in [-0.3, -0.25) is 9.59 Å². The summed E-state index contributed by atoms with van der Waals surface area (Å²) >= 11 is 0. The smallest absolute Gasteiger partial charge is 0.319 e. The first-order valence-electron chi connectivity index (χ1n) is 14.2. The lowest BCUT2D eigenvalue weighted by molar-refractivity contribution is -0.136. The van der Waals surface area contributed by atoms with E-state index in [4.69, 9.17) is 5.11 Å². The van der Waals surface area contributed by atoms with Crippen LogP contribution >= 0.6 is 0 Å². The quantitative estimate of drug-likeness (QED) is 0.208. The van der Waals surface area contributed by atoms with Gasteiger partial charge in [-0.1, -0.05) is 54.6 Å². The van der Waals surface area contributed by atoms with Gasteiger partial charge < -0.3 is 21.1 Å². The van der Waals surface area contributed by atoms with Crippen LogP contribution in [0, 0.1) is 0 Å². The highest BCUT2D eigenvalue weighted by molar-refractivity contribution is 5.94. The van der Waals surface area contributed by atoms with E-state index in [0.29, 0.717) is 22.6 Å². The van der Waals surface area contributed by atoms with Crippen LogP contribution in [0.4, 0.5) is 10.5 Å². The Morgan fingerprint density at radius 1 is 0.953 bits per heavy atom. The number of hydrogen-bond donors (Lipinski definition) is 4. The molecule has 0 saturated carbocycles. The molecule has 4 N–H and O–H groups in total. The molecule has 11 nitrogen and oxygen atoms in total. The Hall–Kier alpha value is -5.32. The third-order valence-electron chi connectivity index (χ3n) is 7.20. The summed E-state index contributed by atoms with van der Waals surface area (Å²) in [5, 5.41) is 29.5. The zero-order valence-corrected chi connectivity index (χ0v) is 23.8. The van der Waals surface area contributed by atoms with Crippen LogP contribution in [0.5, 0.6) is 0 Å². The van der Waals surface area contributed by atoms with Gasteiger partial charge in [-0.2, -0.15) is 4.80 Å². The van der Waals surface area contributed by atoms with Gasteiger partial charge in [0.1, 0.15) is 0 Å². The molecule has 3 aromatic carbocycles. The van der Waals surface area contributed by atoms with Crippen molar-refractivity contribution >= 4 is 29.2 Å². The number of urea groups is 1. The van der Waals surface area contributed by atoms with Crippen molar-refractivity contribution in [1.82, 2.24) is 30.8 Å². The highest BCUT2D eigenvalue weighted by atomic mass is 16.4. The maximum Gasteiger partial charge on any atom is 0.319 e. The van der Waals surface area contributed by atoms with Gasteiger partial charge in [-0.25, -0.2) is 4.79 Å². The van der Waals surface area contributed by atoms with Gasteiger partial charge in [0.25, 0.3) is 5.91 Å². The number of nitrogens with one attached hydrogen (secondary N) is 3. The zero-order valence-electron chi connectivity index (χ0n) is 23.8. The van der Waals surface area contributed by atoms with Gasteiger partial charge in [-0.05, 0) is 77.4 Å². The van der Waals surface area contributed by atoms with Crippen molar-refractivity contribution in [2.45, 2.75) is 38.1 Å². The monoisotopic (exact) mass is 579 g/mol. The van der Waals surface area contributed by atoms with Crippen molar-refractivity contribution in [1.29, 1.82) is 0 Å². The van der Waals surface area contributed by atoms with Gasteiger partial charge in [0.2, 0.25) is 5.82 Å². The van der Waals surface area contributed by atoms with Crippen LogP contribution in [0.15, 0.2) is 78.9 Å². The number of carboxylic acids is 1. The molecule has 5 rings (SSSR count). The number of anilines is 1. The number of carbonyl (C=O) groups is 3. The Morgan fingerprint density at radius 2 is 1.70 bits per heavy atom. The summed E-state index contributed by atoms with van der Waals surface area (Å²) in [7, 11) is 1.68. The molecule has 0 bridgehead atoms. The number of tetrazole rings is 1. The molecule has 220 valence electrons. The van der Waals surface area contributed by atoms with E-state index in [1.807, 2.05) is 18.2 Å². The van der Waals surface area contributed by atoms with Crippen LogP contribution in [-0.2, 0) is 11.8 Å². The largest absolute Gasteiger partial charge is 0.481 e. The SMILES string of the molecule is Cn1nnc(-c2cccc(NC(=O)NC(c3ccc(C(=O)NCCC(=O)O)cc3)c3ccc(C4=CCCCC4)cc3)c2)n1. The molecule has 43 heavy (non-hydrogen) atoms. The molecule has 1 atom stereocenters. The van der Waals surface area contributed by atoms with Gasteiger partial charge in [0.05, 0.1) is 19.5 Å². The summed E-state index contributed by atoms with van der Waals surface area (Å²) in [4.78, 5) is 37.9. The zero-order chi connectivity index (χ0) is 30.2. The van der Waals surface area contributed by atoms with E-state index in [0.717, 1.165) is 24.0 Å². The average Bonchev–Trinajstić information content (AvgIpc) is 3.47. The Kier molecular flexibility index (Phi) is 9.20. The third-order valence-corrected chi connectivity index (χ3v) is 7.20. The summed E-state index contributed by atoms with van der Waals surface area (Å²) in [5.41, 5.74) is 5.85. The third kappa shape index (κ3) is 7.70. The number of aryl methyl sites for hydroxylation is 1. The number of allylic oxidation sites excluding steroid dienone is 2. The van der Waals surface area contributed by atoms with Gasteiger partial charge in [0, 0.05) is 23.4 Å². The van der Waals surface area contributed by atoms with E-state index >= 15 is 0 Å². The van der Waals surface area contributed by atoms with Crippen LogP contribution in [0.3, 0.4) is 0 Å². The standard InChI is InChI=1S/C32H33N7O4/c1-39-37-30(36-38-39)26-8-5-9-27(20-26)34-32(43)35-29(23-12-10-22(11-13-23)21-6-3-2-4-7-21)24-14-16-25(17-15-24)31(42)33-19-18-28(40)41/h5-6,8-17,20,29H,2-4,7,18-19H2,1H3,(H,33,42)(H,40,41)(H2,34,35,43). The van der Waals surface area contributed by atoms with Crippen molar-refractivity contribution in [3.8, 4) is 11.4 Å². The number of carbonyl (C=O) groups excluding carboxylic acids is 2. The van der Waals surface area contributed by atoms with Crippen LogP contribution in [0.1, 0.15) is 65.2 Å². The van der Waals surface area contributed by atoms with E-state index < -0.39 is 18.0 Å². The minimum atomic E-state index is -0.981. The molecule has 1 heterocycles. The summed E-state index contributed by atoms with van der Waals surface area (Å²) in [6.07, 6.45) is 6.69. The van der Waals surface area contributed by atoms with E-state index in [2.05, 4.69) is 49.6 Å². The second kappa shape index (κ2) is 13.6. The molecule has 1 aliphatic carbocycles. The lowest BCUT2D eigenvalue weighted by Gasteiger charge is -2.21. The van der Waals surface area contributed by atoms with Crippen molar-refractivity contribution in [2.24, 2.45) is 7.05 Å². The van der Waals surface area contributed by atoms with E-state index in [1.54, 1.807) is 49.5 Å². The number of benzene rings is 3. The maximum absolute atomic E-state index is 13.3. The van der Waals surface area contributed by atoms with Gasteiger partial charge in [0.15, 0.2) is 0 Å². The molecule has 0 spiro atoms. The maximum atomic E-state index is 13.3. The molecule has 1 unspecified atom stereocenters. The summed E-state index contributed by atoms with van der Waals surface area (Å²) in [6, 6.07) is 21.4. The number of aliphatic carboxylic acids is 1. The first kappa shape index (κ1) is 29.2. The Labute approximate surface area is 249 Å². The van der Waals surface area contributed by atoms with Crippen molar-refractivity contribution in [3.05, 3.63) is 101 Å². The van der Waals surface area contributed by atoms with Crippen LogP contribution in [0.25, 0.3) is 17.0 Å². The first-order valence-corrected chi connectivity index (χ1v) is 14.2. The predicted molar refractivity (Wildman–Crippen MR) is 162 cm³/mol. The first-order chi connectivity index (χ1) is 20.9. The van der Waals surface area contributed by atoms with E-state index in [9.17, 15) is 14.4 Å². The Balaban J connectivity index is 1.36. The minimum absolute atomic E-state index is 0.0389.